The number of aromatic nitrogens is 2. The zero-order valence-electron chi connectivity index (χ0n) is 10.8. The molecule has 5 nitrogen and oxygen atoms in total. The van der Waals surface area contributed by atoms with Crippen molar-refractivity contribution in [1.82, 2.24) is 10.1 Å². The van der Waals surface area contributed by atoms with Crippen LogP contribution < -0.4 is 5.73 Å². The molecule has 1 saturated heterocycles. The van der Waals surface area contributed by atoms with Gasteiger partial charge in [-0.05, 0) is 33.1 Å². The van der Waals surface area contributed by atoms with Crippen LogP contribution in [0.1, 0.15) is 58.2 Å². The third-order valence-electron chi connectivity index (χ3n) is 3.38. The van der Waals surface area contributed by atoms with E-state index in [-0.39, 0.29) is 0 Å². The van der Waals surface area contributed by atoms with Gasteiger partial charge in [-0.3, -0.25) is 0 Å². The van der Waals surface area contributed by atoms with Crippen molar-refractivity contribution in [2.24, 2.45) is 5.73 Å². The van der Waals surface area contributed by atoms with Gasteiger partial charge in [-0.25, -0.2) is 0 Å². The quantitative estimate of drug-likeness (QED) is 0.870. The topological polar surface area (TPSA) is 74.2 Å². The van der Waals surface area contributed by atoms with Crippen molar-refractivity contribution in [1.29, 1.82) is 0 Å². The zero-order valence-corrected chi connectivity index (χ0v) is 10.8. The zero-order chi connectivity index (χ0) is 12.5. The van der Waals surface area contributed by atoms with Crippen LogP contribution in [0.5, 0.6) is 0 Å². The summed E-state index contributed by atoms with van der Waals surface area (Å²) in [6.45, 7) is 6.77. The number of nitrogens with zero attached hydrogens (tertiary/aromatic N) is 2. The Morgan fingerprint density at radius 1 is 1.53 bits per heavy atom. The Morgan fingerprint density at radius 3 is 2.88 bits per heavy atom. The summed E-state index contributed by atoms with van der Waals surface area (Å²) in [4.78, 5) is 4.43. The fourth-order valence-corrected chi connectivity index (χ4v) is 2.25. The molecule has 2 atom stereocenters. The van der Waals surface area contributed by atoms with Crippen LogP contribution >= 0.6 is 0 Å². The molecule has 96 valence electrons. The Bertz CT molecular complexity index is 381. The molecular weight excluding hydrogens is 218 g/mol. The summed E-state index contributed by atoms with van der Waals surface area (Å²) < 4.78 is 11.0. The van der Waals surface area contributed by atoms with E-state index < -0.39 is 11.1 Å². The van der Waals surface area contributed by atoms with Crippen LogP contribution in [0, 0.1) is 0 Å². The van der Waals surface area contributed by atoms with Gasteiger partial charge in [-0.2, -0.15) is 4.98 Å². The highest BCUT2D eigenvalue weighted by Crippen LogP contribution is 2.34. The van der Waals surface area contributed by atoms with Crippen LogP contribution in [-0.4, -0.2) is 16.7 Å². The molecule has 1 aromatic rings. The summed E-state index contributed by atoms with van der Waals surface area (Å²) in [5, 5.41) is 4.03. The van der Waals surface area contributed by atoms with Gasteiger partial charge in [0.25, 0.3) is 0 Å². The molecule has 5 heteroatoms. The minimum atomic E-state index is -0.547. The standard InChI is InChI=1S/C12H21N3O2/c1-4-6-11(2,13)10-14-9(15-17-10)12(3)7-5-8-16-12/h4-8,13H2,1-3H3. The van der Waals surface area contributed by atoms with Crippen molar-refractivity contribution in [3.8, 4) is 0 Å². The maximum absolute atomic E-state index is 6.17. The summed E-state index contributed by atoms with van der Waals surface area (Å²) in [5.74, 6) is 1.13. The van der Waals surface area contributed by atoms with Gasteiger partial charge in [0.1, 0.15) is 5.60 Å². The maximum Gasteiger partial charge on any atom is 0.246 e. The summed E-state index contributed by atoms with van der Waals surface area (Å²) in [7, 11) is 0. The molecule has 17 heavy (non-hydrogen) atoms. The van der Waals surface area contributed by atoms with Crippen LogP contribution in [0.2, 0.25) is 0 Å². The largest absolute Gasteiger partial charge is 0.367 e. The molecule has 0 aromatic carbocycles. The van der Waals surface area contributed by atoms with Gasteiger partial charge in [0, 0.05) is 6.61 Å². The van der Waals surface area contributed by atoms with E-state index in [4.69, 9.17) is 15.0 Å². The highest BCUT2D eigenvalue weighted by Gasteiger charge is 2.38. The Labute approximate surface area is 102 Å². The molecule has 0 bridgehead atoms. The highest BCUT2D eigenvalue weighted by atomic mass is 16.5. The third kappa shape index (κ3) is 2.35. The molecule has 1 aromatic heterocycles. The van der Waals surface area contributed by atoms with Gasteiger partial charge in [-0.15, -0.1) is 0 Å². The van der Waals surface area contributed by atoms with Gasteiger partial charge in [0.15, 0.2) is 0 Å². The lowest BCUT2D eigenvalue weighted by molar-refractivity contribution is 0.00768. The second kappa shape index (κ2) is 4.38. The van der Waals surface area contributed by atoms with Crippen molar-refractivity contribution in [2.45, 2.75) is 57.6 Å². The number of nitrogens with two attached hydrogens (primary N) is 1. The summed E-state index contributed by atoms with van der Waals surface area (Å²) in [6, 6.07) is 0. The van der Waals surface area contributed by atoms with Crippen LogP contribution in [0.15, 0.2) is 4.52 Å². The SMILES string of the molecule is CCCC(C)(N)c1nc(C2(C)CCCO2)no1. The first-order valence-electron chi connectivity index (χ1n) is 6.25. The van der Waals surface area contributed by atoms with Crippen molar-refractivity contribution in [3.63, 3.8) is 0 Å². The van der Waals surface area contributed by atoms with E-state index in [1.807, 2.05) is 13.8 Å². The van der Waals surface area contributed by atoms with Crippen LogP contribution in [0.4, 0.5) is 0 Å². The lowest BCUT2D eigenvalue weighted by atomic mass is 9.97. The van der Waals surface area contributed by atoms with Gasteiger partial charge < -0.3 is 15.0 Å². The molecule has 0 amide bonds. The second-order valence-electron chi connectivity index (χ2n) is 5.27. The Balaban J connectivity index is 2.21. The second-order valence-corrected chi connectivity index (χ2v) is 5.27. The smallest absolute Gasteiger partial charge is 0.246 e. The van der Waals surface area contributed by atoms with Crippen molar-refractivity contribution < 1.29 is 9.26 Å². The first kappa shape index (κ1) is 12.5. The van der Waals surface area contributed by atoms with Crippen LogP contribution in [0.3, 0.4) is 0 Å². The van der Waals surface area contributed by atoms with Crippen molar-refractivity contribution >= 4 is 0 Å². The van der Waals surface area contributed by atoms with Gasteiger partial charge in [0.2, 0.25) is 11.7 Å². The van der Waals surface area contributed by atoms with E-state index in [1.54, 1.807) is 0 Å². The van der Waals surface area contributed by atoms with E-state index in [2.05, 4.69) is 17.1 Å². The minimum Gasteiger partial charge on any atom is -0.367 e. The van der Waals surface area contributed by atoms with E-state index >= 15 is 0 Å². The summed E-state index contributed by atoms with van der Waals surface area (Å²) in [6.07, 6.45) is 3.78. The van der Waals surface area contributed by atoms with Crippen molar-refractivity contribution in [3.05, 3.63) is 11.7 Å². The number of rotatable bonds is 4. The highest BCUT2D eigenvalue weighted by molar-refractivity contribution is 5.06. The third-order valence-corrected chi connectivity index (χ3v) is 3.38. The normalized spacial score (nSPS) is 28.2. The predicted molar refractivity (Wildman–Crippen MR) is 63.3 cm³/mol. The Morgan fingerprint density at radius 2 is 2.29 bits per heavy atom. The predicted octanol–water partition coefficient (Wildman–Crippen LogP) is 2.07. The monoisotopic (exact) mass is 239 g/mol. The number of hydrogen-bond acceptors (Lipinski definition) is 5. The van der Waals surface area contributed by atoms with Crippen molar-refractivity contribution in [2.75, 3.05) is 6.61 Å². The lowest BCUT2D eigenvalue weighted by Gasteiger charge is -2.19. The minimum absolute atomic E-state index is 0.399. The molecule has 1 aliphatic rings. The Hall–Kier alpha value is -0.940. The summed E-state index contributed by atoms with van der Waals surface area (Å²) in [5.41, 5.74) is 5.22. The Kier molecular flexibility index (Phi) is 3.23. The fourth-order valence-electron chi connectivity index (χ4n) is 2.25. The van der Waals surface area contributed by atoms with E-state index in [0.717, 1.165) is 32.3 Å². The lowest BCUT2D eigenvalue weighted by Crippen LogP contribution is -2.33. The maximum atomic E-state index is 6.17. The molecule has 1 aliphatic heterocycles. The molecule has 2 rings (SSSR count). The molecule has 2 N–H and O–H groups in total. The first-order valence-corrected chi connectivity index (χ1v) is 6.25. The molecule has 0 spiro atoms. The molecule has 0 saturated carbocycles. The van der Waals surface area contributed by atoms with Gasteiger partial charge in [0.05, 0.1) is 5.54 Å². The van der Waals surface area contributed by atoms with E-state index in [0.29, 0.717) is 11.7 Å². The molecule has 2 heterocycles. The average Bonchev–Trinajstić information content (AvgIpc) is 2.86. The number of hydrogen-bond donors (Lipinski definition) is 1. The van der Waals surface area contributed by atoms with E-state index in [1.165, 1.54) is 0 Å². The number of ether oxygens (including phenoxy) is 1. The molecule has 1 fully saturated rings. The van der Waals surface area contributed by atoms with Gasteiger partial charge >= 0.3 is 0 Å². The fraction of sp³-hybridized carbons (Fsp3) is 0.833. The van der Waals surface area contributed by atoms with Crippen LogP contribution in [0.25, 0.3) is 0 Å². The molecule has 0 aliphatic carbocycles. The molecular formula is C12H21N3O2. The first-order chi connectivity index (χ1) is 7.98. The average molecular weight is 239 g/mol. The molecule has 2 unspecified atom stereocenters. The van der Waals surface area contributed by atoms with Gasteiger partial charge in [-0.1, -0.05) is 18.5 Å². The van der Waals surface area contributed by atoms with Crippen LogP contribution in [-0.2, 0) is 15.9 Å². The van der Waals surface area contributed by atoms with E-state index in [9.17, 15) is 0 Å². The molecule has 0 radical (unpaired) electrons. The summed E-state index contributed by atoms with van der Waals surface area (Å²) >= 11 is 0.